The first-order valence-electron chi connectivity index (χ1n) is 8.28. The number of hydrogen-bond donors (Lipinski definition) is 0. The molecule has 0 radical (unpaired) electrons. The van der Waals surface area contributed by atoms with Gasteiger partial charge in [0.2, 0.25) is 0 Å². The third-order valence-corrected chi connectivity index (χ3v) is 4.77. The summed E-state index contributed by atoms with van der Waals surface area (Å²) in [5, 5.41) is 13.2. The topological polar surface area (TPSA) is 49.6 Å². The summed E-state index contributed by atoms with van der Waals surface area (Å²) >= 11 is 5.95. The first kappa shape index (κ1) is 15.9. The first-order chi connectivity index (χ1) is 12.2. The molecule has 1 aliphatic rings. The van der Waals surface area contributed by atoms with Gasteiger partial charge in [-0.3, -0.25) is 0 Å². The molecule has 0 unspecified atom stereocenters. The molecule has 6 nitrogen and oxygen atoms in total. The zero-order valence-electron chi connectivity index (χ0n) is 13.8. The second kappa shape index (κ2) is 6.72. The van der Waals surface area contributed by atoms with Crippen LogP contribution >= 0.6 is 11.6 Å². The maximum Gasteiger partial charge on any atom is 0.177 e. The summed E-state index contributed by atoms with van der Waals surface area (Å²) in [4.78, 5) is 4.63. The van der Waals surface area contributed by atoms with Gasteiger partial charge in [-0.1, -0.05) is 30.3 Å². The quantitative estimate of drug-likeness (QED) is 0.721. The Morgan fingerprint density at radius 2 is 1.80 bits per heavy atom. The van der Waals surface area contributed by atoms with Gasteiger partial charge in [0.1, 0.15) is 12.1 Å². The molecule has 1 saturated heterocycles. The molecule has 0 N–H and O–H groups in total. The van der Waals surface area contributed by atoms with Crippen molar-refractivity contribution in [1.82, 2.24) is 24.7 Å². The van der Waals surface area contributed by atoms with Crippen molar-refractivity contribution in [3.8, 4) is 0 Å². The Hall–Kier alpha value is -2.60. The number of halogens is 1. The minimum absolute atomic E-state index is 0.763. The monoisotopic (exact) mass is 354 g/mol. The number of fused-ring (bicyclic) bond motifs is 1. The Bertz CT molecular complexity index is 880. The van der Waals surface area contributed by atoms with E-state index in [1.807, 2.05) is 24.3 Å². The predicted octanol–water partition coefficient (Wildman–Crippen LogP) is 2.66. The van der Waals surface area contributed by atoms with E-state index < -0.39 is 0 Å². The average Bonchev–Trinajstić information content (AvgIpc) is 3.11. The van der Waals surface area contributed by atoms with Crippen molar-refractivity contribution in [2.45, 2.75) is 6.42 Å². The van der Waals surface area contributed by atoms with E-state index in [2.05, 4.69) is 43.8 Å². The molecule has 0 atom stereocenters. The fourth-order valence-corrected chi connectivity index (χ4v) is 3.21. The molecule has 0 aliphatic carbocycles. The number of rotatable bonds is 4. The van der Waals surface area contributed by atoms with Crippen LogP contribution in [0.2, 0.25) is 5.02 Å². The van der Waals surface area contributed by atoms with Crippen LogP contribution in [0.3, 0.4) is 0 Å². The highest BCUT2D eigenvalue weighted by molar-refractivity contribution is 6.30. The molecule has 25 heavy (non-hydrogen) atoms. The zero-order chi connectivity index (χ0) is 17.2. The molecule has 1 aromatic carbocycles. The molecule has 7 heteroatoms. The Balaban J connectivity index is 1.37. The molecular formula is C18H19ClN6. The van der Waals surface area contributed by atoms with Crippen molar-refractivity contribution in [3.63, 3.8) is 0 Å². The zero-order valence-corrected chi connectivity index (χ0v) is 14.6. The van der Waals surface area contributed by atoms with Gasteiger partial charge in [-0.2, -0.15) is 4.52 Å². The van der Waals surface area contributed by atoms with E-state index in [1.165, 1.54) is 5.56 Å². The summed E-state index contributed by atoms with van der Waals surface area (Å²) in [6.07, 6.45) is 2.48. The summed E-state index contributed by atoms with van der Waals surface area (Å²) in [7, 11) is 0. The maximum absolute atomic E-state index is 5.95. The minimum atomic E-state index is 0.763. The largest absolute Gasteiger partial charge is 0.371 e. The van der Waals surface area contributed by atoms with Crippen molar-refractivity contribution < 1.29 is 0 Å². The molecule has 1 aliphatic heterocycles. The third-order valence-electron chi connectivity index (χ3n) is 4.52. The summed E-state index contributed by atoms with van der Waals surface area (Å²) in [6, 6.07) is 11.9. The Morgan fingerprint density at radius 3 is 2.56 bits per heavy atom. The fourth-order valence-electron chi connectivity index (χ4n) is 3.09. The minimum Gasteiger partial charge on any atom is -0.371 e. The molecular weight excluding hydrogens is 336 g/mol. The highest BCUT2D eigenvalue weighted by Gasteiger charge is 2.19. The second-order valence-electron chi connectivity index (χ2n) is 6.17. The number of aromatic nitrogens is 4. The van der Waals surface area contributed by atoms with E-state index >= 15 is 0 Å². The van der Waals surface area contributed by atoms with E-state index in [9.17, 15) is 0 Å². The van der Waals surface area contributed by atoms with Crippen LogP contribution in [0.5, 0.6) is 0 Å². The molecule has 0 bridgehead atoms. The van der Waals surface area contributed by atoms with Crippen molar-refractivity contribution >= 4 is 23.1 Å². The molecule has 3 heterocycles. The molecule has 128 valence electrons. The molecule has 0 spiro atoms. The van der Waals surface area contributed by atoms with Crippen LogP contribution in [0.15, 0.2) is 55.0 Å². The van der Waals surface area contributed by atoms with Gasteiger partial charge in [0.15, 0.2) is 5.65 Å². The summed E-state index contributed by atoms with van der Waals surface area (Å²) in [5.41, 5.74) is 3.14. The highest BCUT2D eigenvalue weighted by Crippen LogP contribution is 2.18. The maximum atomic E-state index is 5.95. The van der Waals surface area contributed by atoms with Gasteiger partial charge < -0.3 is 9.80 Å². The SMILES string of the molecule is C=C(Cc1ccc(Cl)cc1)N1CCN(c2ccc3nncn3n2)CC1. The van der Waals surface area contributed by atoms with Gasteiger partial charge in [0.05, 0.1) is 0 Å². The van der Waals surface area contributed by atoms with E-state index in [4.69, 9.17) is 11.6 Å². The molecule has 1 fully saturated rings. The Morgan fingerprint density at radius 1 is 1.04 bits per heavy atom. The van der Waals surface area contributed by atoms with Gasteiger partial charge >= 0.3 is 0 Å². The van der Waals surface area contributed by atoms with E-state index in [0.29, 0.717) is 0 Å². The van der Waals surface area contributed by atoms with Gasteiger partial charge in [-0.25, -0.2) is 0 Å². The normalized spacial score (nSPS) is 14.9. The standard InChI is InChI=1S/C18H19ClN6/c1-14(12-15-2-4-16(19)5-3-15)23-8-10-24(11-9-23)18-7-6-17-21-20-13-25(17)22-18/h2-7,13H,1,8-12H2. The number of anilines is 1. The Kier molecular flexibility index (Phi) is 4.28. The van der Waals surface area contributed by atoms with Crippen LogP contribution in [-0.4, -0.2) is 50.9 Å². The van der Waals surface area contributed by atoms with Crippen molar-refractivity contribution in [3.05, 3.63) is 65.6 Å². The van der Waals surface area contributed by atoms with Crippen LogP contribution in [0.4, 0.5) is 5.82 Å². The number of piperazine rings is 1. The molecule has 0 saturated carbocycles. The second-order valence-corrected chi connectivity index (χ2v) is 6.61. The lowest BCUT2D eigenvalue weighted by Crippen LogP contribution is -2.46. The van der Waals surface area contributed by atoms with Crippen LogP contribution < -0.4 is 4.90 Å². The van der Waals surface area contributed by atoms with Crippen LogP contribution in [0.1, 0.15) is 5.56 Å². The van der Waals surface area contributed by atoms with Crippen molar-refractivity contribution in [2.75, 3.05) is 31.1 Å². The van der Waals surface area contributed by atoms with E-state index in [-0.39, 0.29) is 0 Å². The predicted molar refractivity (Wildman–Crippen MR) is 98.9 cm³/mol. The molecule has 4 rings (SSSR count). The van der Waals surface area contributed by atoms with Crippen molar-refractivity contribution in [1.29, 1.82) is 0 Å². The van der Waals surface area contributed by atoms with Gasteiger partial charge in [-0.05, 0) is 29.8 Å². The number of benzene rings is 1. The first-order valence-corrected chi connectivity index (χ1v) is 8.66. The number of hydrogen-bond acceptors (Lipinski definition) is 5. The fraction of sp³-hybridized carbons (Fsp3) is 0.278. The van der Waals surface area contributed by atoms with Crippen LogP contribution in [0, 0.1) is 0 Å². The third kappa shape index (κ3) is 3.44. The van der Waals surface area contributed by atoms with Gasteiger partial charge in [-0.15, -0.1) is 15.3 Å². The smallest absolute Gasteiger partial charge is 0.177 e. The number of nitrogens with zero attached hydrogens (tertiary/aromatic N) is 6. The Labute approximate surface area is 151 Å². The summed E-state index contributed by atoms with van der Waals surface area (Å²) < 4.78 is 1.71. The average molecular weight is 355 g/mol. The van der Waals surface area contributed by atoms with E-state index in [1.54, 1.807) is 10.8 Å². The van der Waals surface area contributed by atoms with E-state index in [0.717, 1.165) is 54.8 Å². The lowest BCUT2D eigenvalue weighted by atomic mass is 10.1. The van der Waals surface area contributed by atoms with Crippen LogP contribution in [-0.2, 0) is 6.42 Å². The lowest BCUT2D eigenvalue weighted by molar-refractivity contribution is 0.315. The summed E-state index contributed by atoms with van der Waals surface area (Å²) in [6.45, 7) is 7.98. The molecule has 3 aromatic rings. The summed E-state index contributed by atoms with van der Waals surface area (Å²) in [5.74, 6) is 0.954. The highest BCUT2D eigenvalue weighted by atomic mass is 35.5. The van der Waals surface area contributed by atoms with Crippen molar-refractivity contribution in [2.24, 2.45) is 0 Å². The number of allylic oxidation sites excluding steroid dienone is 1. The van der Waals surface area contributed by atoms with Crippen LogP contribution in [0.25, 0.3) is 5.65 Å². The molecule has 0 amide bonds. The lowest BCUT2D eigenvalue weighted by Gasteiger charge is -2.37. The van der Waals surface area contributed by atoms with Gasteiger partial charge in [0.25, 0.3) is 0 Å². The molecule has 2 aromatic heterocycles. The van der Waals surface area contributed by atoms with Gasteiger partial charge in [0, 0.05) is 43.3 Å².